The van der Waals surface area contributed by atoms with Gasteiger partial charge < -0.3 is 4.74 Å². The highest BCUT2D eigenvalue weighted by molar-refractivity contribution is 5.90. The number of benzene rings is 1. The Kier molecular flexibility index (Phi) is 2.96. The predicted molar refractivity (Wildman–Crippen MR) is 59.0 cm³/mol. The van der Waals surface area contributed by atoms with E-state index < -0.39 is 0 Å². The molecule has 1 aromatic heterocycles. The van der Waals surface area contributed by atoms with Crippen LogP contribution in [0.1, 0.15) is 10.4 Å². The van der Waals surface area contributed by atoms with Gasteiger partial charge in [-0.2, -0.15) is 4.57 Å². The zero-order valence-corrected chi connectivity index (χ0v) is 8.96. The van der Waals surface area contributed by atoms with Crippen LogP contribution in [0.15, 0.2) is 54.7 Å². The molecule has 0 spiro atoms. The third-order valence-corrected chi connectivity index (χ3v) is 2.21. The molecule has 0 saturated heterocycles. The minimum Gasteiger partial charge on any atom is -0.367 e. The first-order valence-electron chi connectivity index (χ1n) is 4.99. The SMILES string of the molecule is C[n+]1ccccc1OC(=O)c1ccccc1. The average molecular weight is 214 g/mol. The summed E-state index contributed by atoms with van der Waals surface area (Å²) in [5.74, 6) is 0.179. The van der Waals surface area contributed by atoms with Gasteiger partial charge in [0.25, 0.3) is 0 Å². The van der Waals surface area contributed by atoms with Crippen molar-refractivity contribution in [3.8, 4) is 5.88 Å². The van der Waals surface area contributed by atoms with Crippen LogP contribution < -0.4 is 9.30 Å². The highest BCUT2D eigenvalue weighted by atomic mass is 16.5. The van der Waals surface area contributed by atoms with Gasteiger partial charge in [0.15, 0.2) is 6.20 Å². The molecule has 0 N–H and O–H groups in total. The van der Waals surface area contributed by atoms with Gasteiger partial charge >= 0.3 is 11.8 Å². The summed E-state index contributed by atoms with van der Waals surface area (Å²) in [6.07, 6.45) is 1.83. The van der Waals surface area contributed by atoms with Crippen LogP contribution in [0, 0.1) is 0 Å². The fourth-order valence-corrected chi connectivity index (χ4v) is 1.34. The van der Waals surface area contributed by atoms with Crippen molar-refractivity contribution in [2.24, 2.45) is 7.05 Å². The molecule has 16 heavy (non-hydrogen) atoms. The number of rotatable bonds is 2. The number of hydrogen-bond donors (Lipinski definition) is 0. The highest BCUT2D eigenvalue weighted by Crippen LogP contribution is 2.06. The Morgan fingerprint density at radius 1 is 1.06 bits per heavy atom. The summed E-state index contributed by atoms with van der Waals surface area (Å²) < 4.78 is 7.01. The maximum absolute atomic E-state index is 11.7. The van der Waals surface area contributed by atoms with Gasteiger partial charge in [0.2, 0.25) is 0 Å². The zero-order valence-electron chi connectivity index (χ0n) is 8.96. The Morgan fingerprint density at radius 3 is 2.44 bits per heavy atom. The molecule has 0 atom stereocenters. The molecule has 0 aliphatic rings. The number of pyridine rings is 1. The number of aryl methyl sites for hydroxylation is 1. The van der Waals surface area contributed by atoms with Crippen LogP contribution in [0.4, 0.5) is 0 Å². The first-order chi connectivity index (χ1) is 7.77. The molecule has 0 saturated carbocycles. The second-order valence-corrected chi connectivity index (χ2v) is 3.41. The first kappa shape index (κ1) is 10.4. The third-order valence-electron chi connectivity index (χ3n) is 2.21. The third kappa shape index (κ3) is 2.25. The number of hydrogen-bond acceptors (Lipinski definition) is 2. The number of esters is 1. The number of aromatic nitrogens is 1. The lowest BCUT2D eigenvalue weighted by Gasteiger charge is -2.01. The van der Waals surface area contributed by atoms with Crippen LogP contribution in [-0.4, -0.2) is 5.97 Å². The largest absolute Gasteiger partial charge is 0.375 e. The topological polar surface area (TPSA) is 30.2 Å². The molecule has 1 heterocycles. The van der Waals surface area contributed by atoms with Gasteiger partial charge in [0.1, 0.15) is 7.05 Å². The Hall–Kier alpha value is -2.16. The van der Waals surface area contributed by atoms with Crippen molar-refractivity contribution in [2.45, 2.75) is 0 Å². The molecular weight excluding hydrogens is 202 g/mol. The molecule has 0 fully saturated rings. The molecular formula is C13H12NO2+. The molecule has 0 aliphatic carbocycles. The van der Waals surface area contributed by atoms with Gasteiger partial charge in [0, 0.05) is 6.07 Å². The van der Waals surface area contributed by atoms with E-state index in [2.05, 4.69) is 0 Å². The van der Waals surface area contributed by atoms with Gasteiger partial charge in [-0.1, -0.05) is 18.2 Å². The quantitative estimate of drug-likeness (QED) is 0.563. The van der Waals surface area contributed by atoms with Gasteiger partial charge in [-0.25, -0.2) is 4.79 Å². The molecule has 2 aromatic rings. The van der Waals surface area contributed by atoms with Crippen molar-refractivity contribution < 1.29 is 14.1 Å². The smallest absolute Gasteiger partial charge is 0.367 e. The Labute approximate surface area is 93.9 Å². The van der Waals surface area contributed by atoms with E-state index in [4.69, 9.17) is 4.74 Å². The van der Waals surface area contributed by atoms with Crippen LogP contribution in [0.25, 0.3) is 0 Å². The van der Waals surface area contributed by atoms with E-state index in [0.717, 1.165) is 0 Å². The maximum atomic E-state index is 11.7. The Bertz CT molecular complexity index is 494. The van der Waals surface area contributed by atoms with Crippen molar-refractivity contribution in [3.63, 3.8) is 0 Å². The second kappa shape index (κ2) is 4.57. The first-order valence-corrected chi connectivity index (χ1v) is 4.99. The summed E-state index contributed by atoms with van der Waals surface area (Å²) in [5, 5.41) is 0. The summed E-state index contributed by atoms with van der Waals surface area (Å²) in [4.78, 5) is 11.7. The van der Waals surface area contributed by atoms with E-state index in [0.29, 0.717) is 11.4 Å². The summed E-state index contributed by atoms with van der Waals surface area (Å²) >= 11 is 0. The number of ether oxygens (including phenoxy) is 1. The van der Waals surface area contributed by atoms with Crippen molar-refractivity contribution >= 4 is 5.97 Å². The molecule has 0 amide bonds. The van der Waals surface area contributed by atoms with Crippen molar-refractivity contribution in [1.82, 2.24) is 0 Å². The van der Waals surface area contributed by atoms with Crippen molar-refractivity contribution in [1.29, 1.82) is 0 Å². The second-order valence-electron chi connectivity index (χ2n) is 3.41. The Balaban J connectivity index is 2.18. The molecule has 0 unspecified atom stereocenters. The minimum absolute atomic E-state index is 0.345. The van der Waals surface area contributed by atoms with E-state index in [9.17, 15) is 4.79 Å². The van der Waals surface area contributed by atoms with E-state index in [-0.39, 0.29) is 5.97 Å². The lowest BCUT2D eigenvalue weighted by Crippen LogP contribution is -2.31. The molecule has 3 nitrogen and oxygen atoms in total. The molecule has 0 aliphatic heterocycles. The molecule has 2 rings (SSSR count). The molecule has 0 radical (unpaired) electrons. The lowest BCUT2D eigenvalue weighted by atomic mass is 10.2. The van der Waals surface area contributed by atoms with Crippen LogP contribution in [0.2, 0.25) is 0 Å². The summed E-state index contributed by atoms with van der Waals surface area (Å²) in [7, 11) is 1.83. The van der Waals surface area contributed by atoms with Gasteiger partial charge in [0.05, 0.1) is 11.6 Å². The minimum atomic E-state index is -0.345. The summed E-state index contributed by atoms with van der Waals surface area (Å²) in [6.45, 7) is 0. The van der Waals surface area contributed by atoms with Crippen molar-refractivity contribution in [3.05, 3.63) is 60.3 Å². The summed E-state index contributed by atoms with van der Waals surface area (Å²) in [5.41, 5.74) is 0.548. The number of carbonyl (C=O) groups is 1. The average Bonchev–Trinajstić information content (AvgIpc) is 2.33. The van der Waals surface area contributed by atoms with Gasteiger partial charge in [-0.3, -0.25) is 0 Å². The van der Waals surface area contributed by atoms with E-state index >= 15 is 0 Å². The van der Waals surface area contributed by atoms with Crippen LogP contribution >= 0.6 is 0 Å². The normalized spacial score (nSPS) is 9.81. The van der Waals surface area contributed by atoms with Crippen LogP contribution in [0.5, 0.6) is 5.88 Å². The summed E-state index contributed by atoms with van der Waals surface area (Å²) in [6, 6.07) is 14.4. The monoisotopic (exact) mass is 214 g/mol. The zero-order chi connectivity index (χ0) is 11.4. The number of nitrogens with zero attached hydrogens (tertiary/aromatic N) is 1. The Morgan fingerprint density at radius 2 is 1.75 bits per heavy atom. The molecule has 80 valence electrons. The van der Waals surface area contributed by atoms with Gasteiger partial charge in [-0.15, -0.1) is 0 Å². The van der Waals surface area contributed by atoms with Crippen LogP contribution in [0.3, 0.4) is 0 Å². The van der Waals surface area contributed by atoms with Gasteiger partial charge in [-0.05, 0) is 18.2 Å². The highest BCUT2D eigenvalue weighted by Gasteiger charge is 2.13. The maximum Gasteiger partial charge on any atom is 0.375 e. The molecule has 1 aromatic carbocycles. The fourth-order valence-electron chi connectivity index (χ4n) is 1.34. The molecule has 3 heteroatoms. The van der Waals surface area contributed by atoms with E-state index in [1.54, 1.807) is 22.8 Å². The molecule has 0 bridgehead atoms. The van der Waals surface area contributed by atoms with Crippen molar-refractivity contribution in [2.75, 3.05) is 0 Å². The van der Waals surface area contributed by atoms with E-state index in [1.807, 2.05) is 43.6 Å². The predicted octanol–water partition coefficient (Wildman–Crippen LogP) is 1.73. The standard InChI is InChI=1S/C13H12NO2/c1-14-10-6-5-9-12(14)16-13(15)11-7-3-2-4-8-11/h2-10H,1H3/q+1. The van der Waals surface area contributed by atoms with E-state index in [1.165, 1.54) is 0 Å². The number of carbonyl (C=O) groups excluding carboxylic acids is 1. The lowest BCUT2D eigenvalue weighted by molar-refractivity contribution is -0.675. The fraction of sp³-hybridized carbons (Fsp3) is 0.0769. The van der Waals surface area contributed by atoms with Crippen LogP contribution in [-0.2, 0) is 7.05 Å².